The van der Waals surface area contributed by atoms with E-state index in [1.165, 1.54) is 0 Å². The zero-order valence-electron chi connectivity index (χ0n) is 15.2. The molecule has 1 N–H and O–H groups in total. The summed E-state index contributed by atoms with van der Waals surface area (Å²) < 4.78 is 27.9. The second-order valence-electron chi connectivity index (χ2n) is 6.23. The number of H-pyrrole nitrogens is 1. The van der Waals surface area contributed by atoms with Crippen molar-refractivity contribution in [3.05, 3.63) is 32.6 Å². The molecule has 3 heterocycles. The van der Waals surface area contributed by atoms with Crippen LogP contribution in [0, 0.1) is 0 Å². The number of nitrogens with zero attached hydrogens (tertiary/aromatic N) is 1. The molecule has 1 unspecified atom stereocenters. The van der Waals surface area contributed by atoms with Gasteiger partial charge in [0.15, 0.2) is 24.5 Å². The standard InChI is InChI=1S/C16H18N2O10/c1-6(19)25-11-12(26-7(2)20)14-18-9(4-10(22)17-16(18)23)5-24-15(13(11)28-14)27-8(3)21/h4,11-15H,5H2,1-3H3,(H,17,22,23)/t11-,12+,13-,14+,15?/m0/s1. The number of carbonyl (C=O) groups excluding carboxylic acids is 3. The van der Waals surface area contributed by atoms with Gasteiger partial charge in [-0.3, -0.25) is 28.7 Å². The van der Waals surface area contributed by atoms with Crippen LogP contribution in [-0.4, -0.2) is 52.1 Å². The van der Waals surface area contributed by atoms with E-state index in [-0.39, 0.29) is 12.3 Å². The molecule has 0 radical (unpaired) electrons. The van der Waals surface area contributed by atoms with Crippen molar-refractivity contribution in [3.8, 4) is 0 Å². The highest BCUT2D eigenvalue weighted by molar-refractivity contribution is 5.68. The number of rotatable bonds is 3. The molecule has 0 spiro atoms. The molecule has 0 amide bonds. The number of esters is 3. The maximum Gasteiger partial charge on any atom is 0.330 e. The first-order valence-corrected chi connectivity index (χ1v) is 8.31. The van der Waals surface area contributed by atoms with E-state index in [0.717, 1.165) is 31.4 Å². The molecule has 2 bridgehead atoms. The van der Waals surface area contributed by atoms with Crippen molar-refractivity contribution in [2.24, 2.45) is 0 Å². The van der Waals surface area contributed by atoms with Crippen molar-refractivity contribution in [2.45, 2.75) is 58.2 Å². The molecule has 12 heteroatoms. The molecule has 152 valence electrons. The van der Waals surface area contributed by atoms with E-state index in [2.05, 4.69) is 4.98 Å². The minimum Gasteiger partial charge on any atom is -0.455 e. The van der Waals surface area contributed by atoms with E-state index in [0.29, 0.717) is 0 Å². The van der Waals surface area contributed by atoms with Gasteiger partial charge < -0.3 is 23.7 Å². The number of aromatic nitrogens is 2. The maximum atomic E-state index is 12.4. The van der Waals surface area contributed by atoms with Crippen LogP contribution in [0.5, 0.6) is 0 Å². The molecule has 12 nitrogen and oxygen atoms in total. The van der Waals surface area contributed by atoms with Gasteiger partial charge in [-0.25, -0.2) is 4.79 Å². The highest BCUT2D eigenvalue weighted by Crippen LogP contribution is 2.38. The lowest BCUT2D eigenvalue weighted by Crippen LogP contribution is -2.45. The molecule has 0 aliphatic carbocycles. The lowest BCUT2D eigenvalue weighted by atomic mass is 10.1. The van der Waals surface area contributed by atoms with Crippen molar-refractivity contribution >= 4 is 17.9 Å². The largest absolute Gasteiger partial charge is 0.455 e. The van der Waals surface area contributed by atoms with Crippen LogP contribution in [0.15, 0.2) is 15.7 Å². The minimum atomic E-state index is -1.34. The van der Waals surface area contributed by atoms with Crippen LogP contribution in [-0.2, 0) is 44.7 Å². The van der Waals surface area contributed by atoms with Gasteiger partial charge in [-0.2, -0.15) is 0 Å². The Hall–Kier alpha value is -2.99. The van der Waals surface area contributed by atoms with E-state index in [1.54, 1.807) is 0 Å². The van der Waals surface area contributed by atoms with Crippen LogP contribution in [0.25, 0.3) is 0 Å². The molecule has 2 aliphatic rings. The third-order valence-corrected chi connectivity index (χ3v) is 4.09. The Morgan fingerprint density at radius 1 is 1.04 bits per heavy atom. The number of ether oxygens (including phenoxy) is 5. The van der Waals surface area contributed by atoms with Crippen molar-refractivity contribution in [3.63, 3.8) is 0 Å². The normalized spacial score (nSPS) is 28.5. The van der Waals surface area contributed by atoms with Gasteiger partial charge in [-0.1, -0.05) is 0 Å². The van der Waals surface area contributed by atoms with Crippen LogP contribution >= 0.6 is 0 Å². The SMILES string of the molecule is CC(=O)OC1OCc2cc(=O)[nH]c(=O)n2[C@@H]2O[C@H]1[C@@H](OC(C)=O)[C@H]2OC(C)=O. The molecule has 1 fully saturated rings. The summed E-state index contributed by atoms with van der Waals surface area (Å²) in [6, 6.07) is 1.10. The zero-order valence-corrected chi connectivity index (χ0v) is 15.2. The van der Waals surface area contributed by atoms with Gasteiger partial charge in [0.2, 0.25) is 6.29 Å². The van der Waals surface area contributed by atoms with Gasteiger partial charge in [0.1, 0.15) is 0 Å². The molecule has 1 aromatic rings. The van der Waals surface area contributed by atoms with Gasteiger partial charge >= 0.3 is 23.6 Å². The van der Waals surface area contributed by atoms with Crippen LogP contribution in [0.2, 0.25) is 0 Å². The van der Waals surface area contributed by atoms with Gasteiger partial charge in [0, 0.05) is 26.8 Å². The predicted octanol–water partition coefficient (Wildman–Crippen LogP) is -1.28. The molecule has 0 saturated carbocycles. The summed E-state index contributed by atoms with van der Waals surface area (Å²) in [6.07, 6.45) is -6.27. The number of hydrogen-bond acceptors (Lipinski definition) is 10. The number of fused-ring (bicyclic) bond motifs is 4. The summed E-state index contributed by atoms with van der Waals surface area (Å²) in [5.41, 5.74) is -1.42. The lowest BCUT2D eigenvalue weighted by molar-refractivity contribution is -0.231. The topological polar surface area (TPSA) is 152 Å². The van der Waals surface area contributed by atoms with E-state index >= 15 is 0 Å². The van der Waals surface area contributed by atoms with Crippen molar-refractivity contribution in [1.29, 1.82) is 0 Å². The van der Waals surface area contributed by atoms with Crippen LogP contribution in [0.4, 0.5) is 0 Å². The van der Waals surface area contributed by atoms with E-state index in [4.69, 9.17) is 23.7 Å². The predicted molar refractivity (Wildman–Crippen MR) is 86.7 cm³/mol. The Kier molecular flexibility index (Phi) is 5.34. The van der Waals surface area contributed by atoms with Gasteiger partial charge in [0.05, 0.1) is 12.3 Å². The second kappa shape index (κ2) is 7.56. The molecule has 0 aromatic carbocycles. The van der Waals surface area contributed by atoms with Crippen LogP contribution in [0.3, 0.4) is 0 Å². The molecular weight excluding hydrogens is 380 g/mol. The number of nitrogens with one attached hydrogen (secondary N) is 1. The van der Waals surface area contributed by atoms with E-state index < -0.39 is 60.0 Å². The maximum absolute atomic E-state index is 12.4. The van der Waals surface area contributed by atoms with Gasteiger partial charge in [-0.15, -0.1) is 0 Å². The smallest absolute Gasteiger partial charge is 0.330 e. The summed E-state index contributed by atoms with van der Waals surface area (Å²) in [7, 11) is 0. The average molecular weight is 398 g/mol. The summed E-state index contributed by atoms with van der Waals surface area (Å²) in [6.45, 7) is 3.12. The van der Waals surface area contributed by atoms with Gasteiger partial charge in [-0.05, 0) is 0 Å². The Balaban J connectivity index is 2.15. The summed E-state index contributed by atoms with van der Waals surface area (Å²) in [4.78, 5) is 60.9. The van der Waals surface area contributed by atoms with Crippen molar-refractivity contribution in [2.75, 3.05) is 0 Å². The Morgan fingerprint density at radius 3 is 2.25 bits per heavy atom. The first kappa shape index (κ1) is 19.8. The average Bonchev–Trinajstić information content (AvgIpc) is 2.87. The first-order valence-electron chi connectivity index (χ1n) is 8.31. The van der Waals surface area contributed by atoms with Crippen molar-refractivity contribution in [1.82, 2.24) is 9.55 Å². The first-order chi connectivity index (χ1) is 13.2. The number of hydrogen-bond donors (Lipinski definition) is 1. The third-order valence-electron chi connectivity index (χ3n) is 4.09. The summed E-state index contributed by atoms with van der Waals surface area (Å²) >= 11 is 0. The highest BCUT2D eigenvalue weighted by atomic mass is 16.7. The molecule has 5 atom stereocenters. The molecule has 3 rings (SSSR count). The van der Waals surface area contributed by atoms with Crippen LogP contribution < -0.4 is 11.2 Å². The minimum absolute atomic E-state index is 0.0926. The molecule has 28 heavy (non-hydrogen) atoms. The fourth-order valence-corrected chi connectivity index (χ4v) is 3.20. The van der Waals surface area contributed by atoms with E-state index in [1.807, 2.05) is 0 Å². The van der Waals surface area contributed by atoms with E-state index in [9.17, 15) is 24.0 Å². The molecule has 1 saturated heterocycles. The summed E-state index contributed by atoms with van der Waals surface area (Å²) in [5, 5.41) is 0. The third kappa shape index (κ3) is 3.82. The molecular formula is C16H18N2O10. The Bertz CT molecular complexity index is 919. The lowest BCUT2D eigenvalue weighted by Gasteiger charge is -2.28. The highest BCUT2D eigenvalue weighted by Gasteiger charge is 2.56. The quantitative estimate of drug-likeness (QED) is 0.481. The number of carbonyl (C=O) groups is 3. The van der Waals surface area contributed by atoms with Crippen molar-refractivity contribution < 1.29 is 38.1 Å². The Morgan fingerprint density at radius 2 is 1.64 bits per heavy atom. The fourth-order valence-electron chi connectivity index (χ4n) is 3.20. The fraction of sp³-hybridized carbons (Fsp3) is 0.562. The summed E-state index contributed by atoms with van der Waals surface area (Å²) in [5.74, 6) is -2.14. The monoisotopic (exact) mass is 398 g/mol. The van der Waals surface area contributed by atoms with Gasteiger partial charge in [0.25, 0.3) is 5.56 Å². The Labute approximate surface area is 157 Å². The zero-order chi connectivity index (χ0) is 20.6. The number of aromatic amines is 1. The molecule has 1 aromatic heterocycles. The van der Waals surface area contributed by atoms with Crippen LogP contribution in [0.1, 0.15) is 32.7 Å². The second-order valence-corrected chi connectivity index (χ2v) is 6.23. The molecule has 2 aliphatic heterocycles.